The second-order valence-corrected chi connectivity index (χ2v) is 12.5. The minimum Gasteiger partial charge on any atom is -0.462 e. The van der Waals surface area contributed by atoms with E-state index in [1.54, 1.807) is 0 Å². The molecule has 0 fully saturated rings. The molecule has 3 N–H and O–H groups in total. The van der Waals surface area contributed by atoms with Gasteiger partial charge in [0.25, 0.3) is 0 Å². The van der Waals surface area contributed by atoms with E-state index in [0.717, 1.165) is 83.5 Å². The van der Waals surface area contributed by atoms with Crippen LogP contribution in [0.4, 0.5) is 0 Å². The Morgan fingerprint density at radius 1 is 0.660 bits per heavy atom. The van der Waals surface area contributed by atoms with Crippen molar-refractivity contribution in [3.63, 3.8) is 0 Å². The van der Waals surface area contributed by atoms with Crippen molar-refractivity contribution in [2.24, 2.45) is 5.73 Å². The third-order valence-corrected chi connectivity index (χ3v) is 7.59. The van der Waals surface area contributed by atoms with Crippen LogP contribution < -0.4 is 5.73 Å². The summed E-state index contributed by atoms with van der Waals surface area (Å²) in [7, 11) is -4.37. The van der Waals surface area contributed by atoms with Crippen LogP contribution in [0.5, 0.6) is 0 Å². The summed E-state index contributed by atoms with van der Waals surface area (Å²) in [5.74, 6) is -0.905. The molecule has 0 saturated heterocycles. The molecule has 268 valence electrons. The zero-order valence-corrected chi connectivity index (χ0v) is 29.9. The van der Waals surface area contributed by atoms with Crippen LogP contribution in [0.25, 0.3) is 0 Å². The molecule has 0 aliphatic rings. The Hall–Kier alpha value is -2.55. The van der Waals surface area contributed by atoms with Crippen molar-refractivity contribution in [1.82, 2.24) is 0 Å². The quantitative estimate of drug-likeness (QED) is 0.0318. The number of hydrogen-bond donors (Lipinski definition) is 2. The van der Waals surface area contributed by atoms with Crippen LogP contribution in [0, 0.1) is 0 Å². The number of carbonyl (C=O) groups is 2. The number of hydrogen-bond acceptors (Lipinski definition) is 8. The van der Waals surface area contributed by atoms with E-state index in [1.807, 2.05) is 0 Å². The molecule has 0 aromatic rings. The fraction of sp³-hybridized carbons (Fsp3) is 0.622. The fourth-order valence-corrected chi connectivity index (χ4v) is 4.81. The van der Waals surface area contributed by atoms with Crippen molar-refractivity contribution in [1.29, 1.82) is 0 Å². The molecule has 0 amide bonds. The Morgan fingerprint density at radius 2 is 1.17 bits per heavy atom. The lowest BCUT2D eigenvalue weighted by Gasteiger charge is -2.19. The molecule has 0 radical (unpaired) electrons. The van der Waals surface area contributed by atoms with Crippen molar-refractivity contribution < 1.29 is 37.6 Å². The van der Waals surface area contributed by atoms with Gasteiger partial charge in [0.1, 0.15) is 6.61 Å². The van der Waals surface area contributed by atoms with E-state index in [4.69, 9.17) is 24.3 Å². The summed E-state index contributed by atoms with van der Waals surface area (Å²) < 4.78 is 32.3. The predicted octanol–water partition coefficient (Wildman–Crippen LogP) is 9.15. The third-order valence-electron chi connectivity index (χ3n) is 6.61. The van der Waals surface area contributed by atoms with E-state index in [-0.39, 0.29) is 32.6 Å². The number of esters is 2. The fourth-order valence-electron chi connectivity index (χ4n) is 4.05. The topological polar surface area (TPSA) is 134 Å². The van der Waals surface area contributed by atoms with Crippen LogP contribution in [0.15, 0.2) is 72.9 Å². The maximum atomic E-state index is 12.4. The largest absolute Gasteiger partial charge is 0.472 e. The van der Waals surface area contributed by atoms with Gasteiger partial charge in [0.05, 0.1) is 13.2 Å². The van der Waals surface area contributed by atoms with Crippen molar-refractivity contribution in [3.8, 4) is 0 Å². The number of phosphoric acid groups is 1. The van der Waals surface area contributed by atoms with Crippen molar-refractivity contribution in [2.75, 3.05) is 26.4 Å². The maximum Gasteiger partial charge on any atom is 0.472 e. The first-order valence-corrected chi connectivity index (χ1v) is 18.9. The zero-order chi connectivity index (χ0) is 34.7. The number of ether oxygens (including phenoxy) is 2. The average molecular weight is 680 g/mol. The Morgan fingerprint density at radius 3 is 1.72 bits per heavy atom. The maximum absolute atomic E-state index is 12.4. The number of rotatable bonds is 31. The monoisotopic (exact) mass is 679 g/mol. The molecule has 2 atom stereocenters. The molecule has 0 bridgehead atoms. The van der Waals surface area contributed by atoms with E-state index in [2.05, 4.69) is 86.8 Å². The molecule has 47 heavy (non-hydrogen) atoms. The number of carbonyl (C=O) groups excluding carboxylic acids is 2. The van der Waals surface area contributed by atoms with Gasteiger partial charge in [-0.3, -0.25) is 18.6 Å². The summed E-state index contributed by atoms with van der Waals surface area (Å²) in [5, 5.41) is 0. The van der Waals surface area contributed by atoms with Gasteiger partial charge < -0.3 is 20.1 Å². The molecule has 0 saturated carbocycles. The van der Waals surface area contributed by atoms with Crippen LogP contribution in [-0.2, 0) is 32.7 Å². The van der Waals surface area contributed by atoms with Gasteiger partial charge in [0, 0.05) is 19.4 Å². The van der Waals surface area contributed by atoms with Gasteiger partial charge in [-0.25, -0.2) is 4.57 Å². The van der Waals surface area contributed by atoms with Gasteiger partial charge >= 0.3 is 19.8 Å². The van der Waals surface area contributed by atoms with E-state index in [1.165, 1.54) is 0 Å². The number of unbranched alkanes of at least 4 members (excludes halogenated alkanes) is 6. The van der Waals surface area contributed by atoms with Crippen LogP contribution in [0.2, 0.25) is 0 Å². The molecule has 0 aromatic carbocycles. The van der Waals surface area contributed by atoms with Crippen LogP contribution in [0.3, 0.4) is 0 Å². The van der Waals surface area contributed by atoms with Gasteiger partial charge in [-0.1, -0.05) is 112 Å². The summed E-state index contributed by atoms with van der Waals surface area (Å²) in [6.07, 6.45) is 38.4. The molecule has 2 unspecified atom stereocenters. The molecule has 0 aliphatic carbocycles. The van der Waals surface area contributed by atoms with Crippen LogP contribution in [0.1, 0.15) is 117 Å². The van der Waals surface area contributed by atoms with Crippen molar-refractivity contribution in [2.45, 2.75) is 123 Å². The highest BCUT2D eigenvalue weighted by Crippen LogP contribution is 2.43. The van der Waals surface area contributed by atoms with Gasteiger partial charge in [-0.05, 0) is 64.2 Å². The summed E-state index contributed by atoms with van der Waals surface area (Å²) in [4.78, 5) is 34.3. The normalized spacial score (nSPS) is 14.4. The average Bonchev–Trinajstić information content (AvgIpc) is 3.05. The number of nitrogens with two attached hydrogens (primary N) is 1. The SMILES string of the molecule is CC/C=C\C/C=C\C/C=C\C/C=C\C/C=C\C/C=C\CCCCC(=O)OC(COC(=O)CCCCCCC)COP(=O)(O)OCCN. The highest BCUT2D eigenvalue weighted by Gasteiger charge is 2.25. The Kier molecular flexibility index (Phi) is 31.5. The van der Waals surface area contributed by atoms with E-state index >= 15 is 0 Å². The second-order valence-electron chi connectivity index (χ2n) is 11.0. The summed E-state index contributed by atoms with van der Waals surface area (Å²) in [5.41, 5.74) is 5.30. The summed E-state index contributed by atoms with van der Waals surface area (Å²) in [6.45, 7) is 3.42. The molecule has 0 rings (SSSR count). The van der Waals surface area contributed by atoms with Crippen LogP contribution >= 0.6 is 7.82 Å². The Labute approximate surface area is 284 Å². The van der Waals surface area contributed by atoms with Gasteiger partial charge in [0.15, 0.2) is 6.10 Å². The van der Waals surface area contributed by atoms with Gasteiger partial charge in [-0.2, -0.15) is 0 Å². The standard InChI is InChI=1S/C37H62NO8P/c1-3-5-7-9-10-11-12-13-14-15-16-17-18-19-20-21-22-23-24-26-28-30-37(40)46-35(34-45-47(41,42)44-32-31-38)33-43-36(39)29-27-25-8-6-4-2/h5,7,10-11,13-14,16-17,19-20,22-23,35H,3-4,6,8-9,12,15,18,21,24-34,38H2,1-2H3,(H,41,42)/b7-5-,11-10-,14-13-,17-16-,20-19-,23-22-. The first-order chi connectivity index (χ1) is 22.8. The van der Waals surface area contributed by atoms with Gasteiger partial charge in [0.2, 0.25) is 0 Å². The second kappa shape index (κ2) is 33.4. The Balaban J connectivity index is 4.26. The minimum absolute atomic E-state index is 0.0424. The molecular weight excluding hydrogens is 617 g/mol. The lowest BCUT2D eigenvalue weighted by Crippen LogP contribution is -2.29. The molecule has 9 nitrogen and oxygen atoms in total. The third kappa shape index (κ3) is 33.2. The number of phosphoric ester groups is 1. The number of allylic oxidation sites excluding steroid dienone is 12. The lowest BCUT2D eigenvalue weighted by molar-refractivity contribution is -0.161. The predicted molar refractivity (Wildman–Crippen MR) is 192 cm³/mol. The Bertz CT molecular complexity index is 1000. The highest BCUT2D eigenvalue weighted by atomic mass is 31.2. The molecule has 10 heteroatoms. The van der Waals surface area contributed by atoms with E-state index < -0.39 is 32.5 Å². The highest BCUT2D eigenvalue weighted by molar-refractivity contribution is 7.47. The van der Waals surface area contributed by atoms with Crippen LogP contribution in [-0.4, -0.2) is 49.3 Å². The molecule has 0 heterocycles. The lowest BCUT2D eigenvalue weighted by atomic mass is 10.1. The van der Waals surface area contributed by atoms with E-state index in [9.17, 15) is 19.0 Å². The molecular formula is C37H62NO8P. The van der Waals surface area contributed by atoms with Crippen molar-refractivity contribution >= 4 is 19.8 Å². The summed E-state index contributed by atoms with van der Waals surface area (Å²) >= 11 is 0. The van der Waals surface area contributed by atoms with E-state index in [0.29, 0.717) is 6.42 Å². The summed E-state index contributed by atoms with van der Waals surface area (Å²) in [6, 6.07) is 0. The van der Waals surface area contributed by atoms with Gasteiger partial charge in [-0.15, -0.1) is 0 Å². The first-order valence-electron chi connectivity index (χ1n) is 17.4. The molecule has 0 aliphatic heterocycles. The minimum atomic E-state index is -4.37. The molecule has 0 spiro atoms. The zero-order valence-electron chi connectivity index (χ0n) is 29.0. The smallest absolute Gasteiger partial charge is 0.462 e. The first kappa shape index (κ1) is 44.5. The molecule has 0 aromatic heterocycles. The van der Waals surface area contributed by atoms with Crippen molar-refractivity contribution in [3.05, 3.63) is 72.9 Å².